The van der Waals surface area contributed by atoms with Crippen LogP contribution in [-0.2, 0) is 28.5 Å². The number of carbonyl (C=O) groups is 3. The molecule has 2 atom stereocenters. The van der Waals surface area contributed by atoms with Gasteiger partial charge >= 0.3 is 18.0 Å². The molecule has 1 heterocycles. The maximum atomic E-state index is 12.3. The largest absolute Gasteiger partial charge is 0.465 e. The van der Waals surface area contributed by atoms with Crippen LogP contribution in [0.15, 0.2) is 0 Å². The van der Waals surface area contributed by atoms with E-state index in [-0.39, 0.29) is 49.6 Å². The Morgan fingerprint density at radius 1 is 0.906 bits per heavy atom. The van der Waals surface area contributed by atoms with Crippen LogP contribution in [0.1, 0.15) is 84.5 Å². The van der Waals surface area contributed by atoms with Gasteiger partial charge in [0.1, 0.15) is 6.61 Å². The minimum absolute atomic E-state index is 0.102. The zero-order valence-electron chi connectivity index (χ0n) is 20.3. The molecule has 8 heteroatoms. The number of esters is 2. The van der Waals surface area contributed by atoms with Crippen LogP contribution < -0.4 is 0 Å². The second-order valence-electron chi connectivity index (χ2n) is 8.51. The van der Waals surface area contributed by atoms with E-state index in [1.807, 2.05) is 6.92 Å². The van der Waals surface area contributed by atoms with Crippen molar-refractivity contribution in [2.75, 3.05) is 40.1 Å². The number of hydrogen-bond donors (Lipinski definition) is 0. The van der Waals surface area contributed by atoms with Crippen molar-refractivity contribution in [3.8, 4) is 0 Å². The summed E-state index contributed by atoms with van der Waals surface area (Å²) >= 11 is 0. The van der Waals surface area contributed by atoms with Gasteiger partial charge in [-0.15, -0.1) is 0 Å². The Morgan fingerprint density at radius 3 is 2.38 bits per heavy atom. The van der Waals surface area contributed by atoms with Gasteiger partial charge in [-0.1, -0.05) is 46.0 Å². The van der Waals surface area contributed by atoms with Crippen LogP contribution in [0.4, 0.5) is 4.79 Å². The highest BCUT2D eigenvalue weighted by molar-refractivity contribution is 5.71. The van der Waals surface area contributed by atoms with Gasteiger partial charge in [0.15, 0.2) is 0 Å². The van der Waals surface area contributed by atoms with Crippen molar-refractivity contribution >= 4 is 18.0 Å². The van der Waals surface area contributed by atoms with Gasteiger partial charge in [-0.05, 0) is 25.7 Å². The molecule has 0 aromatic carbocycles. The summed E-state index contributed by atoms with van der Waals surface area (Å²) in [4.78, 5) is 38.0. The number of carbonyl (C=O) groups excluding carboxylic acids is 3. The minimum Gasteiger partial charge on any atom is -0.465 e. The fourth-order valence-electron chi connectivity index (χ4n) is 3.74. The first-order valence-corrected chi connectivity index (χ1v) is 12.2. The predicted octanol–water partition coefficient (Wildman–Crippen LogP) is 4.49. The lowest BCUT2D eigenvalue weighted by Crippen LogP contribution is -2.39. The molecule has 1 rings (SSSR count). The number of ether oxygens (including phenoxy) is 4. The summed E-state index contributed by atoms with van der Waals surface area (Å²) in [5, 5.41) is 0. The molecule has 1 amide bonds. The highest BCUT2D eigenvalue weighted by Gasteiger charge is 2.31. The standard InChI is InChI=1S/C24H43NO7/c1-4-6-7-8-9-10-13-22(26)31-18-20(17-29-3)16-23(27)32-19-21-12-11-14-25(21)24(28)30-15-5-2/h20-21H,4-19H2,1-3H3. The fraction of sp³-hybridized carbons (Fsp3) is 0.875. The summed E-state index contributed by atoms with van der Waals surface area (Å²) in [6.07, 6.45) is 9.24. The molecule has 1 saturated heterocycles. The van der Waals surface area contributed by atoms with E-state index in [9.17, 15) is 14.4 Å². The van der Waals surface area contributed by atoms with Crippen LogP contribution in [0.2, 0.25) is 0 Å². The maximum Gasteiger partial charge on any atom is 0.410 e. The van der Waals surface area contributed by atoms with E-state index in [1.165, 1.54) is 19.3 Å². The summed E-state index contributed by atoms with van der Waals surface area (Å²) in [7, 11) is 1.55. The van der Waals surface area contributed by atoms with Gasteiger partial charge in [0.2, 0.25) is 0 Å². The second-order valence-corrected chi connectivity index (χ2v) is 8.51. The van der Waals surface area contributed by atoms with Gasteiger partial charge < -0.3 is 23.8 Å². The van der Waals surface area contributed by atoms with E-state index in [4.69, 9.17) is 18.9 Å². The van der Waals surface area contributed by atoms with Gasteiger partial charge in [0.05, 0.1) is 32.3 Å². The Kier molecular flexibility index (Phi) is 15.6. The predicted molar refractivity (Wildman–Crippen MR) is 121 cm³/mol. The molecule has 1 aliphatic rings. The summed E-state index contributed by atoms with van der Waals surface area (Å²) in [6.45, 7) is 5.71. The molecule has 0 bridgehead atoms. The molecule has 0 aliphatic carbocycles. The summed E-state index contributed by atoms with van der Waals surface area (Å²) < 4.78 is 21.1. The van der Waals surface area contributed by atoms with Crippen LogP contribution in [0.25, 0.3) is 0 Å². The van der Waals surface area contributed by atoms with Crippen molar-refractivity contribution in [2.24, 2.45) is 5.92 Å². The second kappa shape index (κ2) is 17.7. The van der Waals surface area contributed by atoms with Crippen molar-refractivity contribution < 1.29 is 33.3 Å². The molecule has 8 nitrogen and oxygen atoms in total. The maximum absolute atomic E-state index is 12.3. The topological polar surface area (TPSA) is 91.4 Å². The molecule has 1 aliphatic heterocycles. The fourth-order valence-corrected chi connectivity index (χ4v) is 3.74. The number of hydrogen-bond acceptors (Lipinski definition) is 7. The Bertz CT molecular complexity index is 540. The third-order valence-electron chi connectivity index (χ3n) is 5.55. The molecule has 32 heavy (non-hydrogen) atoms. The molecule has 1 fully saturated rings. The van der Waals surface area contributed by atoms with Crippen LogP contribution in [0.5, 0.6) is 0 Å². The third kappa shape index (κ3) is 12.3. The Hall–Kier alpha value is -1.83. The minimum atomic E-state index is -0.382. The zero-order valence-corrected chi connectivity index (χ0v) is 20.3. The van der Waals surface area contributed by atoms with Crippen molar-refractivity contribution in [1.82, 2.24) is 4.90 Å². The van der Waals surface area contributed by atoms with Crippen LogP contribution in [0, 0.1) is 5.92 Å². The molecule has 0 spiro atoms. The monoisotopic (exact) mass is 457 g/mol. The normalized spacial score (nSPS) is 16.6. The molecule has 0 aromatic heterocycles. The number of methoxy groups -OCH3 is 1. The molecule has 0 N–H and O–H groups in total. The Labute approximate surface area is 193 Å². The smallest absolute Gasteiger partial charge is 0.410 e. The summed E-state index contributed by atoms with van der Waals surface area (Å²) in [6, 6.07) is -0.153. The highest BCUT2D eigenvalue weighted by Crippen LogP contribution is 2.19. The van der Waals surface area contributed by atoms with E-state index in [1.54, 1.807) is 12.0 Å². The SMILES string of the molecule is CCCCCCCCC(=O)OCC(COC)CC(=O)OCC1CCCN1C(=O)OCCC. The average Bonchev–Trinajstić information content (AvgIpc) is 3.25. The zero-order chi connectivity index (χ0) is 23.6. The first kappa shape index (κ1) is 28.2. The molecule has 2 unspecified atom stereocenters. The van der Waals surface area contributed by atoms with E-state index in [0.717, 1.165) is 38.5 Å². The van der Waals surface area contributed by atoms with Crippen molar-refractivity contribution in [2.45, 2.75) is 90.5 Å². The van der Waals surface area contributed by atoms with Crippen molar-refractivity contribution in [3.63, 3.8) is 0 Å². The number of rotatable bonds is 17. The lowest BCUT2D eigenvalue weighted by molar-refractivity contribution is -0.151. The van der Waals surface area contributed by atoms with Crippen LogP contribution in [0.3, 0.4) is 0 Å². The van der Waals surface area contributed by atoms with Gasteiger partial charge in [-0.25, -0.2) is 4.79 Å². The lowest BCUT2D eigenvalue weighted by Gasteiger charge is -2.24. The van der Waals surface area contributed by atoms with E-state index < -0.39 is 0 Å². The van der Waals surface area contributed by atoms with Gasteiger partial charge in [0.25, 0.3) is 0 Å². The molecule has 186 valence electrons. The number of amides is 1. The highest BCUT2D eigenvalue weighted by atomic mass is 16.6. The van der Waals surface area contributed by atoms with Crippen molar-refractivity contribution in [1.29, 1.82) is 0 Å². The van der Waals surface area contributed by atoms with E-state index in [2.05, 4.69) is 6.92 Å². The van der Waals surface area contributed by atoms with Gasteiger partial charge in [-0.3, -0.25) is 9.59 Å². The summed E-state index contributed by atoms with van der Waals surface area (Å²) in [5.74, 6) is -0.870. The number of likely N-dealkylation sites (tertiary alicyclic amines) is 1. The quantitative estimate of drug-likeness (QED) is 0.181. The average molecular weight is 458 g/mol. The molecule has 0 radical (unpaired) electrons. The van der Waals surface area contributed by atoms with Gasteiger partial charge in [-0.2, -0.15) is 0 Å². The number of nitrogens with zero attached hydrogens (tertiary/aromatic N) is 1. The first-order chi connectivity index (χ1) is 15.5. The van der Waals surface area contributed by atoms with E-state index in [0.29, 0.717) is 26.2 Å². The third-order valence-corrected chi connectivity index (χ3v) is 5.55. The molecule has 0 aromatic rings. The molecular formula is C24H43NO7. The first-order valence-electron chi connectivity index (χ1n) is 12.2. The van der Waals surface area contributed by atoms with E-state index >= 15 is 0 Å². The summed E-state index contributed by atoms with van der Waals surface area (Å²) in [5.41, 5.74) is 0. The Balaban J connectivity index is 2.30. The van der Waals surface area contributed by atoms with Gasteiger partial charge in [0, 0.05) is 26.0 Å². The van der Waals surface area contributed by atoms with Crippen LogP contribution in [-0.4, -0.2) is 69.1 Å². The van der Waals surface area contributed by atoms with Crippen LogP contribution >= 0.6 is 0 Å². The number of unbranched alkanes of at least 4 members (excludes halogenated alkanes) is 5. The molecule has 0 saturated carbocycles. The molecular weight excluding hydrogens is 414 g/mol. The van der Waals surface area contributed by atoms with Crippen molar-refractivity contribution in [3.05, 3.63) is 0 Å². The lowest BCUT2D eigenvalue weighted by atomic mass is 10.1. The Morgan fingerprint density at radius 2 is 1.66 bits per heavy atom.